The summed E-state index contributed by atoms with van der Waals surface area (Å²) in [5.41, 5.74) is 0. The summed E-state index contributed by atoms with van der Waals surface area (Å²) in [5.74, 6) is 0.179. The number of ether oxygens (including phenoxy) is 1. The first kappa shape index (κ1) is 11.6. The van der Waals surface area contributed by atoms with Crippen molar-refractivity contribution in [2.75, 3.05) is 20.2 Å². The van der Waals surface area contributed by atoms with Gasteiger partial charge < -0.3 is 9.64 Å². The molecule has 1 atom stereocenters. The highest BCUT2D eigenvalue weighted by atomic mass is 32.1. The Kier molecular flexibility index (Phi) is 3.96. The highest BCUT2D eigenvalue weighted by molar-refractivity contribution is 7.10. The zero-order valence-electron chi connectivity index (χ0n) is 9.52. The summed E-state index contributed by atoms with van der Waals surface area (Å²) in [6.07, 6.45) is 2.96. The van der Waals surface area contributed by atoms with Gasteiger partial charge in [0.15, 0.2) is 0 Å². The minimum Gasteiger partial charge on any atom is -0.376 e. The lowest BCUT2D eigenvalue weighted by Crippen LogP contribution is -2.34. The van der Waals surface area contributed by atoms with Crippen LogP contribution in [0.1, 0.15) is 17.7 Å². The third kappa shape index (κ3) is 3.06. The van der Waals surface area contributed by atoms with Crippen LogP contribution in [0.4, 0.5) is 0 Å². The summed E-state index contributed by atoms with van der Waals surface area (Å²) in [6, 6.07) is 3.98. The maximum atomic E-state index is 11.9. The van der Waals surface area contributed by atoms with E-state index in [1.165, 1.54) is 0 Å². The highest BCUT2D eigenvalue weighted by Gasteiger charge is 2.20. The molecule has 1 aliphatic rings. The molecule has 2 heterocycles. The predicted octanol–water partition coefficient (Wildman–Crippen LogP) is 1.93. The molecule has 1 aromatic heterocycles. The second kappa shape index (κ2) is 5.46. The van der Waals surface area contributed by atoms with Crippen LogP contribution in [-0.4, -0.2) is 37.1 Å². The lowest BCUT2D eigenvalue weighted by molar-refractivity contribution is -0.130. The Hall–Kier alpha value is -0.870. The molecule has 0 aromatic carbocycles. The normalized spacial score (nSPS) is 19.9. The number of rotatable bonds is 4. The molecule has 1 fully saturated rings. The van der Waals surface area contributed by atoms with E-state index in [9.17, 15) is 4.79 Å². The third-order valence-corrected chi connectivity index (χ3v) is 3.71. The number of amides is 1. The van der Waals surface area contributed by atoms with Gasteiger partial charge >= 0.3 is 0 Å². The first-order valence-electron chi connectivity index (χ1n) is 5.63. The van der Waals surface area contributed by atoms with Crippen LogP contribution in [0.5, 0.6) is 0 Å². The highest BCUT2D eigenvalue weighted by Crippen LogP contribution is 2.14. The van der Waals surface area contributed by atoms with Crippen LogP contribution in [0.25, 0.3) is 0 Å². The topological polar surface area (TPSA) is 29.5 Å². The first-order valence-corrected chi connectivity index (χ1v) is 6.51. The summed E-state index contributed by atoms with van der Waals surface area (Å²) in [5, 5.41) is 2.00. The van der Waals surface area contributed by atoms with E-state index in [1.54, 1.807) is 16.2 Å². The standard InChI is InChI=1S/C12H17NO2S/c1-13(9-10-4-2-6-15-10)12(14)8-11-5-3-7-16-11/h3,5,7,10H,2,4,6,8-9H2,1H3. The van der Waals surface area contributed by atoms with Crippen molar-refractivity contribution in [1.82, 2.24) is 4.90 Å². The molecular weight excluding hydrogens is 222 g/mol. The van der Waals surface area contributed by atoms with E-state index >= 15 is 0 Å². The van der Waals surface area contributed by atoms with Crippen LogP contribution < -0.4 is 0 Å². The Morgan fingerprint density at radius 1 is 1.69 bits per heavy atom. The SMILES string of the molecule is CN(CC1CCCO1)C(=O)Cc1cccs1. The second-order valence-corrected chi connectivity index (χ2v) is 5.20. The lowest BCUT2D eigenvalue weighted by atomic mass is 10.2. The van der Waals surface area contributed by atoms with Gasteiger partial charge in [0, 0.05) is 25.1 Å². The van der Waals surface area contributed by atoms with E-state index in [2.05, 4.69) is 0 Å². The number of carbonyl (C=O) groups is 1. The quantitative estimate of drug-likeness (QED) is 0.803. The number of nitrogens with zero attached hydrogens (tertiary/aromatic N) is 1. The number of hydrogen-bond donors (Lipinski definition) is 0. The molecule has 0 N–H and O–H groups in total. The summed E-state index contributed by atoms with van der Waals surface area (Å²) < 4.78 is 5.52. The Bertz CT molecular complexity index is 331. The van der Waals surface area contributed by atoms with Gasteiger partial charge in [0.05, 0.1) is 12.5 Å². The molecule has 2 rings (SSSR count). The zero-order chi connectivity index (χ0) is 11.4. The summed E-state index contributed by atoms with van der Waals surface area (Å²) in [6.45, 7) is 1.57. The van der Waals surface area contributed by atoms with E-state index in [4.69, 9.17) is 4.74 Å². The summed E-state index contributed by atoms with van der Waals surface area (Å²) in [4.78, 5) is 14.8. The predicted molar refractivity (Wildman–Crippen MR) is 64.6 cm³/mol. The minimum atomic E-state index is 0.179. The number of likely N-dealkylation sites (N-methyl/N-ethyl adjacent to an activating group) is 1. The summed E-state index contributed by atoms with van der Waals surface area (Å²) in [7, 11) is 1.86. The van der Waals surface area contributed by atoms with E-state index in [1.807, 2.05) is 24.6 Å². The maximum Gasteiger partial charge on any atom is 0.227 e. The molecule has 1 aromatic rings. The number of carbonyl (C=O) groups excluding carboxylic acids is 1. The molecule has 1 unspecified atom stereocenters. The number of thiophene rings is 1. The molecule has 1 saturated heterocycles. The third-order valence-electron chi connectivity index (χ3n) is 2.83. The van der Waals surface area contributed by atoms with E-state index in [0.29, 0.717) is 6.42 Å². The van der Waals surface area contributed by atoms with Gasteiger partial charge in [0.2, 0.25) is 5.91 Å². The zero-order valence-corrected chi connectivity index (χ0v) is 10.3. The summed E-state index contributed by atoms with van der Waals surface area (Å²) >= 11 is 1.63. The van der Waals surface area contributed by atoms with Crippen LogP contribution in [-0.2, 0) is 16.0 Å². The molecule has 0 radical (unpaired) electrons. The smallest absolute Gasteiger partial charge is 0.227 e. The molecule has 0 bridgehead atoms. The Balaban J connectivity index is 1.79. The van der Waals surface area contributed by atoms with Gasteiger partial charge in [-0.05, 0) is 24.3 Å². The van der Waals surface area contributed by atoms with Gasteiger partial charge in [0.25, 0.3) is 0 Å². The van der Waals surface area contributed by atoms with Crippen molar-refractivity contribution in [2.45, 2.75) is 25.4 Å². The molecule has 3 nitrogen and oxygen atoms in total. The van der Waals surface area contributed by atoms with Gasteiger partial charge in [-0.15, -0.1) is 11.3 Å². The molecule has 0 spiro atoms. The Labute approximate surface area is 100 Å². The minimum absolute atomic E-state index is 0.179. The van der Waals surface area contributed by atoms with Crippen LogP contribution in [0, 0.1) is 0 Å². The van der Waals surface area contributed by atoms with Crippen molar-refractivity contribution in [1.29, 1.82) is 0 Å². The van der Waals surface area contributed by atoms with Gasteiger partial charge in [-0.2, -0.15) is 0 Å². The van der Waals surface area contributed by atoms with Crippen LogP contribution in [0.15, 0.2) is 17.5 Å². The van der Waals surface area contributed by atoms with Crippen molar-refractivity contribution < 1.29 is 9.53 Å². The molecule has 0 saturated carbocycles. The molecule has 1 aliphatic heterocycles. The fourth-order valence-electron chi connectivity index (χ4n) is 1.89. The van der Waals surface area contributed by atoms with Crippen LogP contribution >= 0.6 is 11.3 Å². The largest absolute Gasteiger partial charge is 0.376 e. The van der Waals surface area contributed by atoms with Crippen molar-refractivity contribution in [3.63, 3.8) is 0 Å². The van der Waals surface area contributed by atoms with E-state index in [-0.39, 0.29) is 12.0 Å². The fourth-order valence-corrected chi connectivity index (χ4v) is 2.59. The Morgan fingerprint density at radius 3 is 3.19 bits per heavy atom. The van der Waals surface area contributed by atoms with Crippen LogP contribution in [0.3, 0.4) is 0 Å². The molecular formula is C12H17NO2S. The van der Waals surface area contributed by atoms with E-state index < -0.39 is 0 Å². The molecule has 4 heteroatoms. The Morgan fingerprint density at radius 2 is 2.56 bits per heavy atom. The van der Waals surface area contributed by atoms with Gasteiger partial charge in [-0.3, -0.25) is 4.79 Å². The van der Waals surface area contributed by atoms with Crippen molar-refractivity contribution in [3.8, 4) is 0 Å². The van der Waals surface area contributed by atoms with E-state index in [0.717, 1.165) is 30.9 Å². The lowest BCUT2D eigenvalue weighted by Gasteiger charge is -2.20. The molecule has 0 aliphatic carbocycles. The van der Waals surface area contributed by atoms with Gasteiger partial charge in [0.1, 0.15) is 0 Å². The average molecular weight is 239 g/mol. The molecule has 16 heavy (non-hydrogen) atoms. The van der Waals surface area contributed by atoms with Crippen molar-refractivity contribution in [2.24, 2.45) is 0 Å². The maximum absolute atomic E-state index is 11.9. The number of hydrogen-bond acceptors (Lipinski definition) is 3. The first-order chi connectivity index (χ1) is 7.75. The van der Waals surface area contributed by atoms with Crippen molar-refractivity contribution in [3.05, 3.63) is 22.4 Å². The fraction of sp³-hybridized carbons (Fsp3) is 0.583. The van der Waals surface area contributed by atoms with Crippen molar-refractivity contribution >= 4 is 17.2 Å². The average Bonchev–Trinajstić information content (AvgIpc) is 2.90. The van der Waals surface area contributed by atoms with Gasteiger partial charge in [-0.1, -0.05) is 6.07 Å². The molecule has 1 amide bonds. The monoisotopic (exact) mass is 239 g/mol. The molecule has 88 valence electrons. The second-order valence-electron chi connectivity index (χ2n) is 4.17. The van der Waals surface area contributed by atoms with Gasteiger partial charge in [-0.25, -0.2) is 0 Å². The van der Waals surface area contributed by atoms with Crippen LogP contribution in [0.2, 0.25) is 0 Å².